The number of ether oxygens (including phenoxy) is 2. The molecule has 2 heterocycles. The number of benzene rings is 2. The summed E-state index contributed by atoms with van der Waals surface area (Å²) in [5, 5.41) is 5.93. The number of halogens is 1. The molecule has 12 heteroatoms. The average molecular weight is 480 g/mol. The summed E-state index contributed by atoms with van der Waals surface area (Å²) in [6.45, 7) is 0. The van der Waals surface area contributed by atoms with E-state index in [1.165, 1.54) is 36.0 Å². The highest BCUT2D eigenvalue weighted by molar-refractivity contribution is 7.93. The van der Waals surface area contributed by atoms with E-state index in [0.29, 0.717) is 33.7 Å². The molecule has 0 aliphatic heterocycles. The molecule has 4 aromatic rings. The number of fused-ring (bicyclic) bond motifs is 1. The first kappa shape index (κ1) is 22.5. The predicted octanol–water partition coefficient (Wildman–Crippen LogP) is 4.07. The summed E-state index contributed by atoms with van der Waals surface area (Å²) in [6, 6.07) is 9.88. The van der Waals surface area contributed by atoms with Crippen LogP contribution in [0.3, 0.4) is 0 Å². The van der Waals surface area contributed by atoms with Gasteiger partial charge in [-0.15, -0.1) is 23.7 Å². The molecule has 0 aliphatic carbocycles. The van der Waals surface area contributed by atoms with Gasteiger partial charge in [-0.25, -0.2) is 23.4 Å². The average Bonchev–Trinajstić information content (AvgIpc) is 3.25. The first-order valence-electron chi connectivity index (χ1n) is 8.66. The number of nitrogens with zero attached hydrogens (tertiary/aromatic N) is 3. The van der Waals surface area contributed by atoms with Crippen molar-refractivity contribution in [1.29, 1.82) is 0 Å². The number of nitrogens with one attached hydrogen (secondary N) is 2. The molecule has 0 spiro atoms. The monoisotopic (exact) mass is 479 g/mol. The quantitative estimate of drug-likeness (QED) is 0.407. The van der Waals surface area contributed by atoms with Gasteiger partial charge in [0.15, 0.2) is 16.6 Å². The zero-order valence-corrected chi connectivity index (χ0v) is 18.8. The van der Waals surface area contributed by atoms with Gasteiger partial charge < -0.3 is 14.8 Å². The van der Waals surface area contributed by atoms with Gasteiger partial charge in [0.2, 0.25) is 0 Å². The molecule has 0 fully saturated rings. The van der Waals surface area contributed by atoms with Gasteiger partial charge in [0.05, 0.1) is 24.6 Å². The van der Waals surface area contributed by atoms with E-state index in [1.54, 1.807) is 43.9 Å². The van der Waals surface area contributed by atoms with Gasteiger partial charge in [-0.05, 0) is 30.3 Å². The highest BCUT2D eigenvalue weighted by Crippen LogP contribution is 2.34. The fourth-order valence-corrected chi connectivity index (χ4v) is 4.57. The number of rotatable bonds is 7. The second kappa shape index (κ2) is 9.33. The van der Waals surface area contributed by atoms with E-state index in [0.717, 1.165) is 5.39 Å². The molecule has 31 heavy (non-hydrogen) atoms. The Morgan fingerprint density at radius 2 is 1.68 bits per heavy atom. The van der Waals surface area contributed by atoms with Crippen LogP contribution >= 0.6 is 23.7 Å². The third-order valence-corrected chi connectivity index (χ3v) is 6.39. The number of anilines is 3. The summed E-state index contributed by atoms with van der Waals surface area (Å²) in [7, 11) is -0.597. The molecule has 2 aromatic carbocycles. The molecule has 2 N–H and O–H groups in total. The molecule has 2 aromatic heterocycles. The molecular weight excluding hydrogens is 462 g/mol. The highest BCUT2D eigenvalue weighted by Gasteiger charge is 2.16. The molecule has 0 saturated heterocycles. The largest absolute Gasteiger partial charge is 0.493 e. The van der Waals surface area contributed by atoms with Crippen molar-refractivity contribution in [3.05, 3.63) is 54.3 Å². The topological polar surface area (TPSA) is 115 Å². The van der Waals surface area contributed by atoms with Crippen molar-refractivity contribution in [3.8, 4) is 11.5 Å². The van der Waals surface area contributed by atoms with Crippen molar-refractivity contribution in [2.45, 2.75) is 4.90 Å². The fraction of sp³-hybridized carbons (Fsp3) is 0.105. The van der Waals surface area contributed by atoms with Crippen LogP contribution in [-0.4, -0.2) is 37.6 Å². The predicted molar refractivity (Wildman–Crippen MR) is 123 cm³/mol. The zero-order valence-electron chi connectivity index (χ0n) is 16.4. The number of aromatic nitrogens is 3. The van der Waals surface area contributed by atoms with Crippen molar-refractivity contribution in [3.63, 3.8) is 0 Å². The van der Waals surface area contributed by atoms with Crippen LogP contribution in [0.5, 0.6) is 11.5 Å². The van der Waals surface area contributed by atoms with Crippen LogP contribution in [0.25, 0.3) is 10.9 Å². The van der Waals surface area contributed by atoms with E-state index in [1.807, 2.05) is 0 Å². The van der Waals surface area contributed by atoms with Crippen molar-refractivity contribution < 1.29 is 17.9 Å². The number of sulfonamides is 1. The van der Waals surface area contributed by atoms with Crippen LogP contribution < -0.4 is 19.5 Å². The van der Waals surface area contributed by atoms with Crippen LogP contribution in [0.1, 0.15) is 0 Å². The molecule has 0 saturated carbocycles. The first-order chi connectivity index (χ1) is 14.5. The van der Waals surface area contributed by atoms with Gasteiger partial charge in [-0.2, -0.15) is 0 Å². The van der Waals surface area contributed by atoms with Crippen LogP contribution in [0, 0.1) is 0 Å². The Hall–Kier alpha value is -3.15. The molecule has 162 valence electrons. The molecule has 0 aliphatic rings. The Kier molecular flexibility index (Phi) is 6.78. The summed E-state index contributed by atoms with van der Waals surface area (Å²) >= 11 is 1.21. The van der Waals surface area contributed by atoms with Crippen molar-refractivity contribution >= 4 is 61.3 Å². The lowest BCUT2D eigenvalue weighted by atomic mass is 10.2. The second-order valence-corrected chi connectivity index (χ2v) is 8.62. The molecule has 0 unspecified atom stereocenters. The fourth-order valence-electron chi connectivity index (χ4n) is 2.78. The van der Waals surface area contributed by atoms with Crippen LogP contribution in [0.4, 0.5) is 16.6 Å². The number of hydrogen-bond acceptors (Lipinski definition) is 9. The van der Waals surface area contributed by atoms with Crippen molar-refractivity contribution in [1.82, 2.24) is 15.0 Å². The lowest BCUT2D eigenvalue weighted by Gasteiger charge is -2.12. The van der Waals surface area contributed by atoms with Crippen LogP contribution in [-0.2, 0) is 10.0 Å². The van der Waals surface area contributed by atoms with E-state index >= 15 is 0 Å². The Bertz CT molecular complexity index is 1280. The van der Waals surface area contributed by atoms with Gasteiger partial charge in [0, 0.05) is 28.7 Å². The Morgan fingerprint density at radius 3 is 2.32 bits per heavy atom. The maximum Gasteiger partial charge on any atom is 0.263 e. The van der Waals surface area contributed by atoms with Crippen LogP contribution in [0.2, 0.25) is 0 Å². The summed E-state index contributed by atoms with van der Waals surface area (Å²) in [5.74, 6) is 1.67. The van der Waals surface area contributed by atoms with E-state index in [4.69, 9.17) is 9.47 Å². The second-order valence-electron chi connectivity index (χ2n) is 6.04. The molecule has 4 rings (SSSR count). The number of thiazole rings is 1. The normalized spacial score (nSPS) is 10.9. The maximum absolute atomic E-state index is 12.5. The number of hydrogen-bond donors (Lipinski definition) is 2. The minimum atomic E-state index is -3.71. The molecule has 0 amide bonds. The van der Waals surface area contributed by atoms with E-state index < -0.39 is 10.0 Å². The summed E-state index contributed by atoms with van der Waals surface area (Å²) in [4.78, 5) is 12.6. The zero-order chi connectivity index (χ0) is 21.1. The van der Waals surface area contributed by atoms with E-state index in [9.17, 15) is 8.42 Å². The molecule has 0 atom stereocenters. The Morgan fingerprint density at radius 1 is 0.968 bits per heavy atom. The lowest BCUT2D eigenvalue weighted by molar-refractivity contribution is 0.356. The third kappa shape index (κ3) is 4.79. The van der Waals surface area contributed by atoms with Crippen LogP contribution in [0.15, 0.2) is 59.2 Å². The first-order valence-corrected chi connectivity index (χ1v) is 11.0. The van der Waals surface area contributed by atoms with Gasteiger partial charge in [0.1, 0.15) is 12.1 Å². The Balaban J connectivity index is 0.00000272. The molecule has 0 bridgehead atoms. The SMILES string of the molecule is COc1cc2ncnc(Nc3ccc(S(=O)(=O)Nc4nccs4)cc3)c2cc1OC.Cl. The van der Waals surface area contributed by atoms with E-state index in [2.05, 4.69) is 25.0 Å². The molecule has 0 radical (unpaired) electrons. The summed E-state index contributed by atoms with van der Waals surface area (Å²) in [6.07, 6.45) is 2.97. The van der Waals surface area contributed by atoms with Gasteiger partial charge in [0.25, 0.3) is 10.0 Å². The minimum Gasteiger partial charge on any atom is -0.493 e. The molecule has 9 nitrogen and oxygen atoms in total. The Labute approximate surface area is 188 Å². The standard InChI is InChI=1S/C19H17N5O4S2.ClH/c1-27-16-9-14-15(10-17(16)28-2)21-11-22-18(14)23-12-3-5-13(6-4-12)30(25,26)24-19-20-7-8-29-19;/h3-11H,1-2H3,(H,20,24)(H,21,22,23);1H. The molecular formula is C19H18ClN5O4S2. The lowest BCUT2D eigenvalue weighted by Crippen LogP contribution is -2.12. The van der Waals surface area contributed by atoms with Gasteiger partial charge in [-0.3, -0.25) is 4.72 Å². The minimum absolute atomic E-state index is 0. The maximum atomic E-state index is 12.5. The van der Waals surface area contributed by atoms with Crippen molar-refractivity contribution in [2.75, 3.05) is 24.3 Å². The van der Waals surface area contributed by atoms with Crippen molar-refractivity contribution in [2.24, 2.45) is 0 Å². The summed E-state index contributed by atoms with van der Waals surface area (Å²) in [5.41, 5.74) is 1.34. The highest BCUT2D eigenvalue weighted by atomic mass is 35.5. The summed E-state index contributed by atoms with van der Waals surface area (Å²) < 4.78 is 38.0. The van der Waals surface area contributed by atoms with E-state index in [-0.39, 0.29) is 17.3 Å². The smallest absolute Gasteiger partial charge is 0.263 e. The van der Waals surface area contributed by atoms with Gasteiger partial charge in [-0.1, -0.05) is 0 Å². The number of methoxy groups -OCH3 is 2. The van der Waals surface area contributed by atoms with Gasteiger partial charge >= 0.3 is 0 Å². The third-order valence-electron chi connectivity index (χ3n) is 4.22.